The normalized spacial score (nSPS) is 26.2. The zero-order valence-electron chi connectivity index (χ0n) is 20.4. The van der Waals surface area contributed by atoms with Gasteiger partial charge >= 0.3 is 11.9 Å². The van der Waals surface area contributed by atoms with Gasteiger partial charge in [-0.3, -0.25) is 4.79 Å². The molecule has 1 saturated carbocycles. The molecule has 0 unspecified atom stereocenters. The highest BCUT2D eigenvalue weighted by atomic mass is 16.5. The molecule has 1 aliphatic carbocycles. The Hall–Kier alpha value is -2.14. The summed E-state index contributed by atoms with van der Waals surface area (Å²) < 4.78 is 10.1. The van der Waals surface area contributed by atoms with Gasteiger partial charge < -0.3 is 14.6 Å². The molecule has 0 aromatic rings. The van der Waals surface area contributed by atoms with Gasteiger partial charge in [-0.1, -0.05) is 57.1 Å². The Balaban J connectivity index is 1.92. The van der Waals surface area contributed by atoms with Crippen molar-refractivity contribution in [1.82, 2.24) is 0 Å². The molecule has 5 heteroatoms. The first-order chi connectivity index (χ1) is 15.0. The number of hydrogen-bond donors (Lipinski definition) is 1. The topological polar surface area (TPSA) is 72.8 Å². The molecule has 178 valence electrons. The second kappa shape index (κ2) is 11.6. The molecule has 0 radical (unpaired) electrons. The number of rotatable bonds is 10. The predicted molar refractivity (Wildman–Crippen MR) is 127 cm³/mol. The maximum Gasteiger partial charge on any atom is 0.331 e. The molecule has 1 heterocycles. The first kappa shape index (κ1) is 26.1. The van der Waals surface area contributed by atoms with Crippen molar-refractivity contribution in [1.29, 1.82) is 0 Å². The summed E-state index contributed by atoms with van der Waals surface area (Å²) in [5, 5.41) is 11.4. The molecule has 0 saturated heterocycles. The van der Waals surface area contributed by atoms with Crippen molar-refractivity contribution in [3.8, 4) is 0 Å². The molecular weight excluding hydrogens is 404 g/mol. The van der Waals surface area contributed by atoms with Crippen LogP contribution in [0.3, 0.4) is 0 Å². The van der Waals surface area contributed by atoms with Gasteiger partial charge in [0, 0.05) is 13.0 Å². The van der Waals surface area contributed by atoms with Crippen molar-refractivity contribution in [3.05, 3.63) is 47.1 Å². The van der Waals surface area contributed by atoms with Crippen LogP contribution in [0.15, 0.2) is 47.1 Å². The second-order valence-electron chi connectivity index (χ2n) is 9.98. The highest BCUT2D eigenvalue weighted by Crippen LogP contribution is 2.49. The fourth-order valence-electron chi connectivity index (χ4n) is 4.74. The molecule has 1 aliphatic heterocycles. The number of ether oxygens (including phenoxy) is 2. The summed E-state index contributed by atoms with van der Waals surface area (Å²) in [6.07, 6.45) is 16.0. The molecule has 0 aromatic heterocycles. The van der Waals surface area contributed by atoms with Crippen LogP contribution in [0.1, 0.15) is 79.6 Å². The first-order valence-corrected chi connectivity index (χ1v) is 11.8. The van der Waals surface area contributed by atoms with Crippen LogP contribution in [0.2, 0.25) is 0 Å². The van der Waals surface area contributed by atoms with E-state index in [4.69, 9.17) is 9.47 Å². The Kier molecular flexibility index (Phi) is 9.50. The van der Waals surface area contributed by atoms with Crippen molar-refractivity contribution in [3.63, 3.8) is 0 Å². The Morgan fingerprint density at radius 2 is 2.06 bits per heavy atom. The Morgan fingerprint density at radius 3 is 2.69 bits per heavy atom. The molecule has 1 N–H and O–H groups in total. The number of carbonyl (C=O) groups excluding carboxylic acids is 2. The lowest BCUT2D eigenvalue weighted by Crippen LogP contribution is -2.52. The van der Waals surface area contributed by atoms with Gasteiger partial charge in [0.15, 0.2) is 0 Å². The summed E-state index contributed by atoms with van der Waals surface area (Å²) in [4.78, 5) is 22.4. The molecular formula is C27H40O5. The van der Waals surface area contributed by atoms with Crippen LogP contribution in [0.25, 0.3) is 0 Å². The average Bonchev–Trinajstić information content (AvgIpc) is 3.13. The van der Waals surface area contributed by atoms with Gasteiger partial charge in [-0.25, -0.2) is 4.79 Å². The summed E-state index contributed by atoms with van der Waals surface area (Å²) in [6.45, 7) is 10.7. The van der Waals surface area contributed by atoms with E-state index < -0.39 is 5.60 Å². The van der Waals surface area contributed by atoms with Gasteiger partial charge in [-0.15, -0.1) is 0 Å². The fourth-order valence-corrected chi connectivity index (χ4v) is 4.74. The molecule has 2 atom stereocenters. The van der Waals surface area contributed by atoms with Crippen LogP contribution >= 0.6 is 0 Å². The van der Waals surface area contributed by atoms with Crippen LogP contribution in [0, 0.1) is 11.3 Å². The van der Waals surface area contributed by atoms with Crippen molar-refractivity contribution in [2.75, 3.05) is 13.2 Å². The largest absolute Gasteiger partial charge is 0.461 e. The van der Waals surface area contributed by atoms with Gasteiger partial charge in [0.05, 0.1) is 5.60 Å². The summed E-state index contributed by atoms with van der Waals surface area (Å²) >= 11 is 0. The van der Waals surface area contributed by atoms with Crippen molar-refractivity contribution in [2.45, 2.75) is 85.2 Å². The van der Waals surface area contributed by atoms with Crippen molar-refractivity contribution in [2.24, 2.45) is 11.3 Å². The van der Waals surface area contributed by atoms with Crippen molar-refractivity contribution >= 4 is 11.9 Å². The summed E-state index contributed by atoms with van der Waals surface area (Å²) in [5.74, 6) is -0.300. The Labute approximate surface area is 193 Å². The van der Waals surface area contributed by atoms with Crippen LogP contribution in [0.4, 0.5) is 0 Å². The Bertz CT molecular complexity index is 799. The van der Waals surface area contributed by atoms with E-state index in [0.29, 0.717) is 12.5 Å². The molecule has 2 rings (SSSR count). The zero-order valence-corrected chi connectivity index (χ0v) is 20.4. The maximum atomic E-state index is 11.4. The fraction of sp³-hybridized carbons (Fsp3) is 0.630. The van der Waals surface area contributed by atoms with E-state index in [1.165, 1.54) is 25.0 Å². The standard InChI is InChI=1S/C27H40O5/c1-20(14-16-27(30)21(2)10-8-15-26(27,4)5)9-6-11-23(18-31-22(3)28)12-7-13-24-17-25(29)32-19-24/h7,9,12-13,17,21,30H,6,8,10-11,14-16,18-19H2,1-5H3/b13-7+,20-9+,23-12-/t21-,27-/m0/s1. The van der Waals surface area contributed by atoms with E-state index in [1.54, 1.807) is 0 Å². The summed E-state index contributed by atoms with van der Waals surface area (Å²) in [6, 6.07) is 0. The van der Waals surface area contributed by atoms with Gasteiger partial charge in [-0.2, -0.15) is 0 Å². The molecule has 0 spiro atoms. The monoisotopic (exact) mass is 444 g/mol. The summed E-state index contributed by atoms with van der Waals surface area (Å²) in [5.41, 5.74) is 2.44. The molecule has 5 nitrogen and oxygen atoms in total. The van der Waals surface area contributed by atoms with E-state index in [-0.39, 0.29) is 24.0 Å². The minimum absolute atomic E-state index is 0.0539. The highest BCUT2D eigenvalue weighted by Gasteiger charge is 2.48. The number of esters is 2. The van der Waals surface area contributed by atoms with Gasteiger partial charge in [0.1, 0.15) is 13.2 Å². The lowest BCUT2D eigenvalue weighted by Gasteiger charge is -2.51. The van der Waals surface area contributed by atoms with E-state index in [9.17, 15) is 14.7 Å². The van der Waals surface area contributed by atoms with E-state index in [1.807, 2.05) is 18.2 Å². The predicted octanol–water partition coefficient (Wildman–Crippen LogP) is 5.60. The van der Waals surface area contributed by atoms with Crippen LogP contribution in [0.5, 0.6) is 0 Å². The summed E-state index contributed by atoms with van der Waals surface area (Å²) in [7, 11) is 0. The van der Waals surface area contributed by atoms with Crippen LogP contribution < -0.4 is 0 Å². The molecule has 0 aromatic carbocycles. The minimum atomic E-state index is -0.619. The highest BCUT2D eigenvalue weighted by molar-refractivity contribution is 5.86. The SMILES string of the molecule is CC(=O)OC/C(=C\C=C\C1=CC(=O)OC1)CC/C=C(\C)CC[C@]1(O)[C@@H](C)CCCC1(C)C. The van der Waals surface area contributed by atoms with Crippen LogP contribution in [-0.2, 0) is 19.1 Å². The molecule has 0 amide bonds. The zero-order chi connectivity index (χ0) is 23.8. The van der Waals surface area contributed by atoms with Gasteiger partial charge in [-0.05, 0) is 67.9 Å². The average molecular weight is 445 g/mol. The number of carbonyl (C=O) groups is 2. The number of cyclic esters (lactones) is 1. The smallest absolute Gasteiger partial charge is 0.331 e. The number of hydrogen-bond acceptors (Lipinski definition) is 5. The van der Waals surface area contributed by atoms with E-state index in [0.717, 1.165) is 49.7 Å². The lowest BCUT2D eigenvalue weighted by molar-refractivity contribution is -0.140. The third kappa shape index (κ3) is 7.47. The first-order valence-electron chi connectivity index (χ1n) is 11.8. The maximum absolute atomic E-state index is 11.4. The number of allylic oxidation sites excluding steroid dienone is 4. The lowest BCUT2D eigenvalue weighted by atomic mass is 9.59. The van der Waals surface area contributed by atoms with Crippen LogP contribution in [-0.4, -0.2) is 35.9 Å². The third-order valence-electron chi connectivity index (χ3n) is 7.07. The Morgan fingerprint density at radius 1 is 1.31 bits per heavy atom. The molecule has 2 aliphatic rings. The van der Waals surface area contributed by atoms with Crippen molar-refractivity contribution < 1.29 is 24.2 Å². The van der Waals surface area contributed by atoms with E-state index in [2.05, 4.69) is 33.8 Å². The van der Waals surface area contributed by atoms with Gasteiger partial charge in [0.2, 0.25) is 0 Å². The van der Waals surface area contributed by atoms with E-state index >= 15 is 0 Å². The molecule has 32 heavy (non-hydrogen) atoms. The second-order valence-corrected chi connectivity index (χ2v) is 9.98. The minimum Gasteiger partial charge on any atom is -0.461 e. The quantitative estimate of drug-likeness (QED) is 0.270. The third-order valence-corrected chi connectivity index (χ3v) is 7.07. The molecule has 1 fully saturated rings. The molecule has 0 bridgehead atoms. The van der Waals surface area contributed by atoms with Gasteiger partial charge in [0.25, 0.3) is 0 Å². The number of aliphatic hydroxyl groups is 1.